The molecule has 5 rings (SSSR count). The summed E-state index contributed by atoms with van der Waals surface area (Å²) in [7, 11) is 0. The molecule has 0 fully saturated rings. The van der Waals surface area contributed by atoms with Crippen LogP contribution in [0.3, 0.4) is 0 Å². The molecule has 10 nitrogen and oxygen atoms in total. The van der Waals surface area contributed by atoms with Gasteiger partial charge in [-0.1, -0.05) is 12.0 Å². The highest BCUT2D eigenvalue weighted by molar-refractivity contribution is 5.91. The molecule has 1 unspecified atom stereocenters. The van der Waals surface area contributed by atoms with Gasteiger partial charge in [0.15, 0.2) is 5.65 Å². The number of aromatic nitrogens is 4. The number of ether oxygens (including phenoxy) is 1. The number of imidazole rings is 1. The zero-order chi connectivity index (χ0) is 27.4. The van der Waals surface area contributed by atoms with E-state index in [0.717, 1.165) is 5.56 Å². The SMILES string of the molecule is O=C(Nc1ccc(COC(=O)C(F)(F)F)c(C#Cc2cnc3cccnn23)c1)N1N=CCC1c1ccncc1. The summed E-state index contributed by atoms with van der Waals surface area (Å²) in [5.74, 6) is 3.42. The minimum Gasteiger partial charge on any atom is -0.454 e. The molecule has 0 radical (unpaired) electrons. The summed E-state index contributed by atoms with van der Waals surface area (Å²) >= 11 is 0. The van der Waals surface area contributed by atoms with Crippen LogP contribution in [0.5, 0.6) is 0 Å². The zero-order valence-electron chi connectivity index (χ0n) is 20.0. The van der Waals surface area contributed by atoms with Crippen LogP contribution in [0.1, 0.15) is 34.8 Å². The van der Waals surface area contributed by atoms with Crippen LogP contribution in [0, 0.1) is 11.8 Å². The third-order valence-electron chi connectivity index (χ3n) is 5.68. The van der Waals surface area contributed by atoms with Crippen LogP contribution in [-0.2, 0) is 16.1 Å². The fourth-order valence-corrected chi connectivity index (χ4v) is 3.82. The maximum atomic E-state index is 13.0. The molecule has 196 valence electrons. The van der Waals surface area contributed by atoms with Gasteiger partial charge in [0.05, 0.1) is 12.2 Å². The lowest BCUT2D eigenvalue weighted by Crippen LogP contribution is -2.31. The van der Waals surface area contributed by atoms with Gasteiger partial charge < -0.3 is 10.1 Å². The molecule has 1 aliphatic heterocycles. The molecule has 39 heavy (non-hydrogen) atoms. The fourth-order valence-electron chi connectivity index (χ4n) is 3.82. The summed E-state index contributed by atoms with van der Waals surface area (Å²) in [6.45, 7) is -0.678. The number of hydrazone groups is 1. The Morgan fingerprint density at radius 2 is 1.92 bits per heavy atom. The predicted molar refractivity (Wildman–Crippen MR) is 132 cm³/mol. The molecule has 13 heteroatoms. The van der Waals surface area contributed by atoms with Crippen molar-refractivity contribution in [2.75, 3.05) is 5.32 Å². The van der Waals surface area contributed by atoms with Crippen molar-refractivity contribution in [2.45, 2.75) is 25.2 Å². The molecular formula is C26H18F3N7O3. The maximum Gasteiger partial charge on any atom is 0.490 e. The molecule has 1 aliphatic rings. The lowest BCUT2D eigenvalue weighted by molar-refractivity contribution is -0.201. The highest BCUT2D eigenvalue weighted by Crippen LogP contribution is 2.29. The second-order valence-corrected chi connectivity index (χ2v) is 8.24. The zero-order valence-corrected chi connectivity index (χ0v) is 20.0. The molecule has 3 aromatic heterocycles. The van der Waals surface area contributed by atoms with E-state index in [4.69, 9.17) is 0 Å². The first-order valence-electron chi connectivity index (χ1n) is 11.5. The quantitative estimate of drug-likeness (QED) is 0.312. The van der Waals surface area contributed by atoms with Crippen LogP contribution in [0.2, 0.25) is 0 Å². The van der Waals surface area contributed by atoms with Crippen LogP contribution in [0.25, 0.3) is 5.65 Å². The largest absolute Gasteiger partial charge is 0.490 e. The molecule has 0 bridgehead atoms. The minimum absolute atomic E-state index is 0.203. The van der Waals surface area contributed by atoms with E-state index in [1.807, 2.05) is 0 Å². The van der Waals surface area contributed by atoms with Crippen LogP contribution in [0.4, 0.5) is 23.7 Å². The molecular weight excluding hydrogens is 515 g/mol. The number of carbonyl (C=O) groups excluding carboxylic acids is 2. The summed E-state index contributed by atoms with van der Waals surface area (Å²) in [4.78, 5) is 32.5. The minimum atomic E-state index is -5.14. The Morgan fingerprint density at radius 1 is 1.10 bits per heavy atom. The number of rotatable bonds is 4. The topological polar surface area (TPSA) is 114 Å². The number of nitrogens with zero attached hydrogens (tertiary/aromatic N) is 6. The number of benzene rings is 1. The van der Waals surface area contributed by atoms with Gasteiger partial charge in [0.1, 0.15) is 12.3 Å². The first kappa shape index (κ1) is 25.4. The van der Waals surface area contributed by atoms with E-state index in [0.29, 0.717) is 23.4 Å². The first-order chi connectivity index (χ1) is 18.8. The number of esters is 1. The van der Waals surface area contributed by atoms with Gasteiger partial charge in [0.2, 0.25) is 0 Å². The number of amides is 2. The average Bonchev–Trinajstić information content (AvgIpc) is 3.59. The second-order valence-electron chi connectivity index (χ2n) is 8.24. The standard InChI is InChI=1S/C26H18F3N7O3/c27-26(28,29)24(37)39-16-19-3-5-20(14-18(19)4-6-21-15-31-23-2-1-10-32-35(21)23)34-25(38)36-22(9-13-33-36)17-7-11-30-12-8-17/h1-3,5,7-8,10-15,22H,9,16H2,(H,34,38). The van der Waals surface area contributed by atoms with Gasteiger partial charge >= 0.3 is 18.2 Å². The Balaban J connectivity index is 1.41. The second kappa shape index (κ2) is 10.6. The number of fused-ring (bicyclic) bond motifs is 1. The van der Waals surface area contributed by atoms with E-state index >= 15 is 0 Å². The lowest BCUT2D eigenvalue weighted by Gasteiger charge is -2.22. The summed E-state index contributed by atoms with van der Waals surface area (Å²) in [5, 5.41) is 12.4. The van der Waals surface area contributed by atoms with Crippen molar-refractivity contribution in [3.63, 3.8) is 0 Å². The third kappa shape index (κ3) is 5.69. The van der Waals surface area contributed by atoms with Gasteiger partial charge in [0.25, 0.3) is 0 Å². The maximum absolute atomic E-state index is 13.0. The lowest BCUT2D eigenvalue weighted by atomic mass is 10.1. The summed E-state index contributed by atoms with van der Waals surface area (Å²) in [5.41, 5.74) is 2.56. The Kier molecular flexibility index (Phi) is 6.92. The molecule has 1 N–H and O–H groups in total. The molecule has 2 amide bonds. The third-order valence-corrected chi connectivity index (χ3v) is 5.68. The number of hydrogen-bond acceptors (Lipinski definition) is 7. The molecule has 1 aromatic carbocycles. The van der Waals surface area contributed by atoms with Crippen molar-refractivity contribution in [2.24, 2.45) is 5.10 Å². The Hall–Kier alpha value is -5.25. The Bertz CT molecular complexity index is 1620. The fraction of sp³-hybridized carbons (Fsp3) is 0.154. The number of hydrogen-bond donors (Lipinski definition) is 1. The number of carbonyl (C=O) groups is 2. The number of halogens is 3. The molecule has 4 aromatic rings. The number of alkyl halides is 3. The average molecular weight is 533 g/mol. The normalized spacial score (nSPS) is 14.6. The molecule has 4 heterocycles. The van der Waals surface area contributed by atoms with Crippen molar-refractivity contribution < 1.29 is 27.5 Å². The number of anilines is 1. The number of urea groups is 1. The van der Waals surface area contributed by atoms with Gasteiger partial charge in [-0.05, 0) is 47.9 Å². The van der Waals surface area contributed by atoms with E-state index in [9.17, 15) is 22.8 Å². The van der Waals surface area contributed by atoms with Crippen LogP contribution in [-0.4, -0.2) is 49.0 Å². The number of nitrogens with one attached hydrogen (secondary N) is 1. The van der Waals surface area contributed by atoms with E-state index < -0.39 is 24.8 Å². The smallest absolute Gasteiger partial charge is 0.454 e. The van der Waals surface area contributed by atoms with Crippen molar-refractivity contribution >= 4 is 29.5 Å². The van der Waals surface area contributed by atoms with Gasteiger partial charge in [-0.2, -0.15) is 23.4 Å². The molecule has 0 spiro atoms. The van der Waals surface area contributed by atoms with Crippen molar-refractivity contribution in [3.8, 4) is 11.8 Å². The summed E-state index contributed by atoms with van der Waals surface area (Å²) in [6, 6.07) is 10.5. The molecule has 0 saturated carbocycles. The first-order valence-corrected chi connectivity index (χ1v) is 11.5. The summed E-state index contributed by atoms with van der Waals surface area (Å²) < 4.78 is 43.9. The van der Waals surface area contributed by atoms with Crippen LogP contribution >= 0.6 is 0 Å². The Morgan fingerprint density at radius 3 is 2.72 bits per heavy atom. The van der Waals surface area contributed by atoms with Gasteiger partial charge in [-0.25, -0.2) is 24.1 Å². The van der Waals surface area contributed by atoms with Crippen molar-refractivity contribution in [1.82, 2.24) is 24.6 Å². The Labute approximate surface area is 219 Å². The highest BCUT2D eigenvalue weighted by atomic mass is 19.4. The molecule has 0 saturated heterocycles. The molecule has 0 aliphatic carbocycles. The van der Waals surface area contributed by atoms with Gasteiger partial charge in [0, 0.05) is 48.0 Å². The number of pyridine rings is 1. The van der Waals surface area contributed by atoms with Crippen LogP contribution < -0.4 is 5.32 Å². The van der Waals surface area contributed by atoms with Gasteiger partial charge in [-0.3, -0.25) is 4.98 Å². The predicted octanol–water partition coefficient (Wildman–Crippen LogP) is 4.09. The van der Waals surface area contributed by atoms with Crippen LogP contribution in [0.15, 0.2) is 72.4 Å². The molecule has 1 atom stereocenters. The van der Waals surface area contributed by atoms with E-state index in [-0.39, 0.29) is 17.2 Å². The van der Waals surface area contributed by atoms with Crippen molar-refractivity contribution in [3.05, 3.63) is 89.6 Å². The van der Waals surface area contributed by atoms with Crippen molar-refractivity contribution in [1.29, 1.82) is 0 Å². The van der Waals surface area contributed by atoms with Gasteiger partial charge in [-0.15, -0.1) is 0 Å². The highest BCUT2D eigenvalue weighted by Gasteiger charge is 2.41. The van der Waals surface area contributed by atoms with E-state index in [2.05, 4.69) is 42.1 Å². The van der Waals surface area contributed by atoms with E-state index in [1.165, 1.54) is 33.9 Å². The van der Waals surface area contributed by atoms with E-state index in [1.54, 1.807) is 49.1 Å². The summed E-state index contributed by atoms with van der Waals surface area (Å²) in [6.07, 6.45) is 3.31. The monoisotopic (exact) mass is 533 g/mol.